The van der Waals surface area contributed by atoms with Gasteiger partial charge in [0.1, 0.15) is 0 Å². The van der Waals surface area contributed by atoms with Crippen LogP contribution in [0.4, 0.5) is 0 Å². The van der Waals surface area contributed by atoms with Crippen molar-refractivity contribution in [1.29, 1.82) is 0 Å². The standard InChI is InChI=1S/C12H25IOSi.C12H25OSi.4C4H9.CH4.2CH3.ClH.2H3P.2Sn/c1-10(2)15(11(3)4,12(5)6)14-9-7-8-13;1-8-9-13-14(10(2)3,11(4)5)12(6)7;4*1-3-4-2;;;;;;;;/h7-8,10-12H,9H2,1-6H3;1,8,10-12H,9H2,2-7H3;4*1,3-4H2,2H3;1H4;2*1H3;1H;2*1H3;;/q;;;;;;;;;;;;;+1/p-1/b8-7+;;;;;;;;;;;;;. The Morgan fingerprint density at radius 2 is 0.792 bits per heavy atom. The maximum Gasteiger partial charge on any atom is -0.153 e. The molecule has 0 spiro atoms. The van der Waals surface area contributed by atoms with Gasteiger partial charge in [-0.1, -0.05) is 77.6 Å². The Balaban J connectivity index is -0.000000164. The summed E-state index contributed by atoms with van der Waals surface area (Å²) in [5.41, 5.74) is 4.09. The van der Waals surface area contributed by atoms with Gasteiger partial charge in [0, 0.05) is 0 Å². The van der Waals surface area contributed by atoms with E-state index in [4.69, 9.17) is 17.8 Å². The molecule has 0 aromatic heterocycles. The van der Waals surface area contributed by atoms with Crippen molar-refractivity contribution in [2.45, 2.75) is 230 Å². The van der Waals surface area contributed by atoms with Gasteiger partial charge in [-0.15, -0.1) is 0 Å². The zero-order valence-corrected chi connectivity index (χ0v) is 52.1. The summed E-state index contributed by atoms with van der Waals surface area (Å²) in [6.45, 7) is 39.0. The van der Waals surface area contributed by atoms with E-state index < -0.39 is 52.3 Å². The monoisotopic (exact) mass is 1170 g/mol. The van der Waals surface area contributed by atoms with Gasteiger partial charge in [0.15, 0.2) is 0 Å². The number of halogens is 2. The van der Waals surface area contributed by atoms with Gasteiger partial charge < -0.3 is 4.43 Å². The third-order valence-corrected chi connectivity index (χ3v) is 45.9. The zero-order valence-electron chi connectivity index (χ0n) is 38.7. The largest absolute Gasteiger partial charge is 0.153 e. The molecule has 0 aliphatic carbocycles. The molecule has 2 atom stereocenters. The molecule has 0 saturated carbocycles. The van der Waals surface area contributed by atoms with Crippen molar-refractivity contribution in [3.05, 3.63) is 20.3 Å². The van der Waals surface area contributed by atoms with Crippen molar-refractivity contribution in [3.8, 4) is 0 Å². The first-order valence-electron chi connectivity index (χ1n) is 21.1. The molecule has 10 heteroatoms. The summed E-state index contributed by atoms with van der Waals surface area (Å²) < 4.78 is 23.5. The summed E-state index contributed by atoms with van der Waals surface area (Å²) in [4.78, 5) is 5.02. The second-order valence-electron chi connectivity index (χ2n) is 17.5. The smallest absolute Gasteiger partial charge is 0.153 e. The number of unbranched alkanes of at least 4 members (excludes halogenated alkanes) is 4. The summed E-state index contributed by atoms with van der Waals surface area (Å²) in [5, 5.41) is 0. The molecular weight excluding hydrogens is 1070 g/mol. The minimum absolute atomic E-state index is 0. The average Bonchev–Trinajstić information content (AvgIpc) is 3.02. The normalized spacial score (nSPS) is 12.6. The first kappa shape index (κ1) is 68.1. The van der Waals surface area contributed by atoms with Gasteiger partial charge in [-0.25, -0.2) is 0 Å². The van der Waals surface area contributed by atoms with E-state index in [0.29, 0.717) is 33.2 Å². The number of hydrogen-bond donors (Lipinski definition) is 0. The predicted molar refractivity (Wildman–Crippen MR) is 283 cm³/mol. The summed E-state index contributed by atoms with van der Waals surface area (Å²) in [6, 6.07) is 0. The molecule has 2 nitrogen and oxygen atoms in total. The van der Waals surface area contributed by atoms with E-state index in [1.165, 1.54) is 69.1 Å². The van der Waals surface area contributed by atoms with Crippen LogP contribution < -0.4 is 0 Å². The van der Waals surface area contributed by atoms with Gasteiger partial charge in [0.05, 0.1) is 6.61 Å². The molecule has 0 heterocycles. The Labute approximate surface area is 372 Å². The Kier molecular flexibility index (Phi) is 49.1. The predicted octanol–water partition coefficient (Wildman–Crippen LogP) is 18.2. The van der Waals surface area contributed by atoms with Crippen LogP contribution in [0.2, 0.25) is 60.9 Å². The van der Waals surface area contributed by atoms with Crippen LogP contribution in [0.25, 0.3) is 0 Å². The molecule has 0 radical (unpaired) electrons. The number of rotatable bonds is 25. The Morgan fingerprint density at radius 3 is 1.04 bits per heavy atom. The molecule has 0 aliphatic heterocycles. The van der Waals surface area contributed by atoms with Gasteiger partial charge in [0.25, 0.3) is 0 Å². The van der Waals surface area contributed by atoms with Gasteiger partial charge in [-0.05, 0) is 20.7 Å². The summed E-state index contributed by atoms with van der Waals surface area (Å²) >= 11 is -1.74. The van der Waals surface area contributed by atoms with Crippen LogP contribution in [0.5, 0.6) is 0 Å². The second-order valence-corrected chi connectivity index (χ2v) is 59.4. The number of hydrogen-bond acceptors (Lipinski definition) is 2. The van der Waals surface area contributed by atoms with Crippen LogP contribution in [-0.2, 0) is 8.85 Å². The Bertz CT molecular complexity index is 799. The third-order valence-electron chi connectivity index (χ3n) is 11.2. The summed E-state index contributed by atoms with van der Waals surface area (Å²) in [5.74, 6) is 0. The van der Waals surface area contributed by atoms with E-state index in [9.17, 15) is 0 Å². The SMILES string of the molecule is C.CC(C)[Si](OC/C=C/I)(C(C)C)C(C)C.CCC[CH2][Sn]([CH3])(/[CH]=C/CO[Si](C(C)C)(C(C)C)C(C)C)[CH2]CCC.CCC[CH2][Sn]([CH3])([Cl])[CH2]CCC.P.P. The minimum atomic E-state index is -2.02. The fourth-order valence-electron chi connectivity index (χ4n) is 8.42. The molecule has 0 rings (SSSR count). The van der Waals surface area contributed by atoms with Crippen LogP contribution in [0.3, 0.4) is 0 Å². The molecule has 0 aromatic carbocycles. The average molecular weight is 1170 g/mol. The second kappa shape index (κ2) is 38.2. The first-order valence-corrected chi connectivity index (χ1v) is 45.6. The molecule has 0 N–H and O–H groups in total. The van der Waals surface area contributed by atoms with E-state index >= 15 is 0 Å². The molecule has 0 saturated heterocycles. The van der Waals surface area contributed by atoms with Gasteiger partial charge in [0.2, 0.25) is 8.32 Å². The van der Waals surface area contributed by atoms with Crippen LogP contribution in [0, 0.1) is 0 Å². The maximum atomic E-state index is 6.70. The molecule has 0 aromatic rings. The zero-order chi connectivity index (χ0) is 39.6. The first-order chi connectivity index (χ1) is 23.2. The van der Waals surface area contributed by atoms with E-state index in [1.54, 1.807) is 0 Å². The maximum absolute atomic E-state index is 6.70. The van der Waals surface area contributed by atoms with Crippen molar-refractivity contribution >= 4 is 104 Å². The van der Waals surface area contributed by atoms with E-state index in [2.05, 4.69) is 159 Å². The van der Waals surface area contributed by atoms with Crippen molar-refractivity contribution in [2.24, 2.45) is 0 Å². The topological polar surface area (TPSA) is 18.5 Å². The minimum Gasteiger partial charge on any atom is -0.153 e. The molecule has 0 amide bonds. The van der Waals surface area contributed by atoms with Crippen LogP contribution in [0.15, 0.2) is 20.3 Å². The van der Waals surface area contributed by atoms with E-state index in [1.807, 2.05) is 4.08 Å². The quantitative estimate of drug-likeness (QED) is 0.0515. The molecule has 326 valence electrons. The van der Waals surface area contributed by atoms with Crippen molar-refractivity contribution in [3.63, 3.8) is 0 Å². The van der Waals surface area contributed by atoms with E-state index in [-0.39, 0.29) is 27.2 Å². The molecule has 2 unspecified atom stereocenters. The summed E-state index contributed by atoms with van der Waals surface area (Å²) in [7, 11) is 3.18. The van der Waals surface area contributed by atoms with Gasteiger partial charge >= 0.3 is 239 Å². The van der Waals surface area contributed by atoms with Gasteiger partial charge in [-0.3, -0.25) is 0 Å². The molecule has 0 bridgehead atoms. The summed E-state index contributed by atoms with van der Waals surface area (Å²) in [6.07, 6.45) is 15.4. The van der Waals surface area contributed by atoms with Gasteiger partial charge in [-0.2, -0.15) is 19.8 Å². The fraction of sp³-hybridized carbons (Fsp3) is 0.907. The van der Waals surface area contributed by atoms with Crippen LogP contribution in [0.1, 0.15) is 170 Å². The van der Waals surface area contributed by atoms with Crippen molar-refractivity contribution in [1.82, 2.24) is 0 Å². The van der Waals surface area contributed by atoms with E-state index in [0.717, 1.165) is 13.2 Å². The molecule has 0 fully saturated rings. The molecular formula is C43H102ClIO2P2Si2Sn2. The molecule has 0 aliphatic rings. The molecule has 53 heavy (non-hydrogen) atoms. The van der Waals surface area contributed by atoms with Crippen LogP contribution in [-0.4, -0.2) is 65.5 Å². The van der Waals surface area contributed by atoms with Crippen LogP contribution >= 0.6 is 51.3 Å². The fourth-order valence-corrected chi connectivity index (χ4v) is 38.3. The Morgan fingerprint density at radius 1 is 0.528 bits per heavy atom. The van der Waals surface area contributed by atoms with Crippen molar-refractivity contribution in [2.75, 3.05) is 13.2 Å². The third kappa shape index (κ3) is 28.5. The Hall–Kier alpha value is 3.31. The van der Waals surface area contributed by atoms with Crippen molar-refractivity contribution < 1.29 is 8.85 Å².